The summed E-state index contributed by atoms with van der Waals surface area (Å²) in [5.74, 6) is 1.13. The summed E-state index contributed by atoms with van der Waals surface area (Å²) in [5, 5.41) is 0.732. The maximum atomic E-state index is 11.0. The number of ether oxygens (including phenoxy) is 2. The smallest absolute Gasteiger partial charge is 0.305 e. The molecule has 3 nitrogen and oxygen atoms in total. The van der Waals surface area contributed by atoms with Gasteiger partial charge < -0.3 is 9.47 Å². The summed E-state index contributed by atoms with van der Waals surface area (Å²) in [6, 6.07) is 0. The maximum Gasteiger partial charge on any atom is 0.305 e. The van der Waals surface area contributed by atoms with Crippen molar-refractivity contribution in [3.63, 3.8) is 0 Å². The Morgan fingerprint density at radius 2 is 2.20 bits per heavy atom. The van der Waals surface area contributed by atoms with Crippen LogP contribution in [-0.4, -0.2) is 36.8 Å². The third kappa shape index (κ3) is 6.05. The molecule has 1 rings (SSSR count). The minimum absolute atomic E-state index is 0.0578. The van der Waals surface area contributed by atoms with E-state index in [1.165, 1.54) is 12.2 Å². The van der Waals surface area contributed by atoms with Gasteiger partial charge in [0, 0.05) is 6.42 Å². The molecule has 0 atom stereocenters. The summed E-state index contributed by atoms with van der Waals surface area (Å²) in [6.07, 6.45) is 3.85. The molecule has 0 amide bonds. The summed E-state index contributed by atoms with van der Waals surface area (Å²) < 4.78 is 9.94. The predicted octanol–water partition coefficient (Wildman–Crippen LogP) is 2.24. The second-order valence-corrected chi connectivity index (χ2v) is 5.05. The van der Waals surface area contributed by atoms with Crippen molar-refractivity contribution < 1.29 is 14.3 Å². The molecular formula is C11H20O3S. The largest absolute Gasteiger partial charge is 0.466 e. The first kappa shape index (κ1) is 12.8. The van der Waals surface area contributed by atoms with E-state index >= 15 is 0 Å². The van der Waals surface area contributed by atoms with Gasteiger partial charge in [-0.15, -0.1) is 0 Å². The van der Waals surface area contributed by atoms with Gasteiger partial charge in [-0.2, -0.15) is 11.8 Å². The summed E-state index contributed by atoms with van der Waals surface area (Å²) >= 11 is 1.99. The van der Waals surface area contributed by atoms with Gasteiger partial charge in [-0.25, -0.2) is 0 Å². The molecule has 0 unspecified atom stereocenters. The van der Waals surface area contributed by atoms with Gasteiger partial charge in [0.1, 0.15) is 0 Å². The number of unbranched alkanes of at least 4 members (excludes halogenated alkanes) is 2. The lowest BCUT2D eigenvalue weighted by Gasteiger charge is -2.25. The lowest BCUT2D eigenvalue weighted by atomic mass is 10.2. The molecule has 0 N–H and O–H groups in total. The molecule has 4 heteroatoms. The number of hydrogen-bond acceptors (Lipinski definition) is 4. The molecule has 1 fully saturated rings. The molecule has 1 heterocycles. The second-order valence-electron chi connectivity index (χ2n) is 3.65. The SMILES string of the molecule is CCOC(=O)CCCCCSC1COC1. The summed E-state index contributed by atoms with van der Waals surface area (Å²) in [5.41, 5.74) is 0. The van der Waals surface area contributed by atoms with Gasteiger partial charge >= 0.3 is 5.97 Å². The average molecular weight is 232 g/mol. The van der Waals surface area contributed by atoms with Crippen LogP contribution in [0.15, 0.2) is 0 Å². The molecule has 0 saturated carbocycles. The minimum atomic E-state index is -0.0578. The Balaban J connectivity index is 1.78. The highest BCUT2D eigenvalue weighted by Crippen LogP contribution is 2.20. The molecule has 1 aliphatic rings. The van der Waals surface area contributed by atoms with Gasteiger partial charge in [0.2, 0.25) is 0 Å². The predicted molar refractivity (Wildman–Crippen MR) is 62.2 cm³/mol. The number of rotatable bonds is 8. The van der Waals surface area contributed by atoms with Crippen molar-refractivity contribution in [1.82, 2.24) is 0 Å². The van der Waals surface area contributed by atoms with Gasteiger partial charge in [-0.3, -0.25) is 4.79 Å². The number of carbonyl (C=O) groups excluding carboxylic acids is 1. The fourth-order valence-electron chi connectivity index (χ4n) is 1.34. The molecular weight excluding hydrogens is 212 g/mol. The van der Waals surface area contributed by atoms with Crippen LogP contribution in [0.2, 0.25) is 0 Å². The second kappa shape index (κ2) is 7.99. The van der Waals surface area contributed by atoms with Gasteiger partial charge in [-0.1, -0.05) is 6.42 Å². The van der Waals surface area contributed by atoms with E-state index in [1.807, 2.05) is 18.7 Å². The van der Waals surface area contributed by atoms with Crippen LogP contribution in [-0.2, 0) is 14.3 Å². The Morgan fingerprint density at radius 1 is 1.40 bits per heavy atom. The lowest BCUT2D eigenvalue weighted by Crippen LogP contribution is -2.30. The number of carbonyl (C=O) groups is 1. The Hall–Kier alpha value is -0.220. The summed E-state index contributed by atoms with van der Waals surface area (Å²) in [6.45, 7) is 4.19. The Bertz CT molecular complexity index is 181. The van der Waals surface area contributed by atoms with Crippen LogP contribution in [0.3, 0.4) is 0 Å². The van der Waals surface area contributed by atoms with Crippen LogP contribution in [0.5, 0.6) is 0 Å². The summed E-state index contributed by atoms with van der Waals surface area (Å²) in [7, 11) is 0. The minimum Gasteiger partial charge on any atom is -0.466 e. The topological polar surface area (TPSA) is 35.5 Å². The van der Waals surface area contributed by atoms with Crippen molar-refractivity contribution >= 4 is 17.7 Å². The molecule has 0 aliphatic carbocycles. The lowest BCUT2D eigenvalue weighted by molar-refractivity contribution is -0.143. The fraction of sp³-hybridized carbons (Fsp3) is 0.909. The molecule has 15 heavy (non-hydrogen) atoms. The quantitative estimate of drug-likeness (QED) is 0.475. The number of esters is 1. The van der Waals surface area contributed by atoms with E-state index in [1.54, 1.807) is 0 Å². The van der Waals surface area contributed by atoms with Gasteiger partial charge in [0.25, 0.3) is 0 Å². The fourth-order valence-corrected chi connectivity index (χ4v) is 2.43. The van der Waals surface area contributed by atoms with Crippen LogP contribution in [0.25, 0.3) is 0 Å². The Morgan fingerprint density at radius 3 is 2.80 bits per heavy atom. The highest BCUT2D eigenvalue weighted by molar-refractivity contribution is 8.00. The third-order valence-electron chi connectivity index (χ3n) is 2.29. The van der Waals surface area contributed by atoms with E-state index in [2.05, 4.69) is 0 Å². The van der Waals surface area contributed by atoms with E-state index in [9.17, 15) is 4.79 Å². The average Bonchev–Trinajstić information content (AvgIpc) is 2.14. The van der Waals surface area contributed by atoms with Crippen LogP contribution in [0.4, 0.5) is 0 Å². The molecule has 0 aromatic rings. The third-order valence-corrected chi connectivity index (χ3v) is 3.56. The summed E-state index contributed by atoms with van der Waals surface area (Å²) in [4.78, 5) is 11.0. The van der Waals surface area contributed by atoms with Crippen LogP contribution >= 0.6 is 11.8 Å². The molecule has 1 saturated heterocycles. The van der Waals surface area contributed by atoms with Gasteiger partial charge in [-0.05, 0) is 25.5 Å². The Kier molecular flexibility index (Phi) is 6.85. The highest BCUT2D eigenvalue weighted by atomic mass is 32.2. The molecule has 0 aromatic heterocycles. The number of hydrogen-bond donors (Lipinski definition) is 0. The molecule has 0 bridgehead atoms. The van der Waals surface area contributed by atoms with Crippen molar-refractivity contribution in [2.45, 2.75) is 37.9 Å². The van der Waals surface area contributed by atoms with Crippen LogP contribution < -0.4 is 0 Å². The monoisotopic (exact) mass is 232 g/mol. The first-order chi connectivity index (χ1) is 7.33. The van der Waals surface area contributed by atoms with Gasteiger partial charge in [0.05, 0.1) is 25.1 Å². The molecule has 1 aliphatic heterocycles. The molecule has 0 aromatic carbocycles. The van der Waals surface area contributed by atoms with Crippen molar-refractivity contribution in [2.75, 3.05) is 25.6 Å². The van der Waals surface area contributed by atoms with E-state index in [-0.39, 0.29) is 5.97 Å². The molecule has 0 radical (unpaired) electrons. The van der Waals surface area contributed by atoms with E-state index in [0.717, 1.165) is 31.3 Å². The zero-order valence-electron chi connectivity index (χ0n) is 9.37. The zero-order chi connectivity index (χ0) is 10.9. The van der Waals surface area contributed by atoms with Gasteiger partial charge in [0.15, 0.2) is 0 Å². The standard InChI is InChI=1S/C11H20O3S/c1-2-14-11(12)6-4-3-5-7-15-10-8-13-9-10/h10H,2-9H2,1H3. The maximum absolute atomic E-state index is 11.0. The van der Waals surface area contributed by atoms with Crippen molar-refractivity contribution in [1.29, 1.82) is 0 Å². The number of thioether (sulfide) groups is 1. The first-order valence-electron chi connectivity index (χ1n) is 5.68. The van der Waals surface area contributed by atoms with Crippen molar-refractivity contribution in [2.24, 2.45) is 0 Å². The van der Waals surface area contributed by atoms with Crippen molar-refractivity contribution in [3.8, 4) is 0 Å². The van der Waals surface area contributed by atoms with E-state index in [0.29, 0.717) is 13.0 Å². The zero-order valence-corrected chi connectivity index (χ0v) is 10.2. The van der Waals surface area contributed by atoms with Crippen LogP contribution in [0.1, 0.15) is 32.6 Å². The molecule has 88 valence electrons. The first-order valence-corrected chi connectivity index (χ1v) is 6.72. The molecule has 0 spiro atoms. The van der Waals surface area contributed by atoms with E-state index in [4.69, 9.17) is 9.47 Å². The van der Waals surface area contributed by atoms with Crippen LogP contribution in [0, 0.1) is 0 Å². The van der Waals surface area contributed by atoms with E-state index < -0.39 is 0 Å². The normalized spacial score (nSPS) is 16.1. The van der Waals surface area contributed by atoms with Crippen molar-refractivity contribution in [3.05, 3.63) is 0 Å². The Labute approximate surface area is 95.9 Å². The highest BCUT2D eigenvalue weighted by Gasteiger charge is 2.17.